The Morgan fingerprint density at radius 1 is 1.33 bits per heavy atom. The highest BCUT2D eigenvalue weighted by Crippen LogP contribution is 1.93. The lowest BCUT2D eigenvalue weighted by molar-refractivity contribution is -0.122. The van der Waals surface area contributed by atoms with Crippen molar-refractivity contribution in [1.29, 1.82) is 0 Å². The van der Waals surface area contributed by atoms with E-state index in [1.165, 1.54) is 6.26 Å². The molecule has 0 aliphatic heterocycles. The van der Waals surface area contributed by atoms with Crippen molar-refractivity contribution in [2.24, 2.45) is 0 Å². The lowest BCUT2D eigenvalue weighted by atomic mass is 10.2. The predicted molar refractivity (Wildman–Crippen MR) is 71.3 cm³/mol. The minimum absolute atomic E-state index is 0.0221. The molecule has 0 aliphatic carbocycles. The molecule has 2 N–H and O–H groups in total. The average Bonchev–Trinajstić information content (AvgIpc) is 2.21. The Labute approximate surface area is 109 Å². The van der Waals surface area contributed by atoms with Gasteiger partial charge in [-0.2, -0.15) is 0 Å². The number of amides is 1. The molecule has 18 heavy (non-hydrogen) atoms. The molecule has 0 heterocycles. The third-order valence-corrected chi connectivity index (χ3v) is 3.41. The monoisotopic (exact) mass is 280 g/mol. The van der Waals surface area contributed by atoms with E-state index in [4.69, 9.17) is 4.74 Å². The van der Waals surface area contributed by atoms with E-state index in [9.17, 15) is 13.2 Å². The van der Waals surface area contributed by atoms with Crippen molar-refractivity contribution in [2.45, 2.75) is 32.4 Å². The molecule has 0 aromatic heterocycles. The second-order valence-corrected chi connectivity index (χ2v) is 6.70. The molecular weight excluding hydrogens is 256 g/mol. The molecular formula is C11H24N2O4S. The Morgan fingerprint density at radius 3 is 2.44 bits per heavy atom. The van der Waals surface area contributed by atoms with Gasteiger partial charge in [0, 0.05) is 32.6 Å². The standard InChI is InChI=1S/C11H24N2O4S/c1-9(8-18(4,15)16)13-10(2)11(14)12-6-5-7-17-3/h9-10,13H,5-8H2,1-4H3,(H,12,14). The van der Waals surface area contributed by atoms with Gasteiger partial charge < -0.3 is 15.4 Å². The summed E-state index contributed by atoms with van der Waals surface area (Å²) < 4.78 is 27.0. The van der Waals surface area contributed by atoms with E-state index in [1.54, 1.807) is 21.0 Å². The fraction of sp³-hybridized carbons (Fsp3) is 0.909. The molecule has 0 aliphatic rings. The summed E-state index contributed by atoms with van der Waals surface area (Å²) in [5, 5.41) is 5.71. The van der Waals surface area contributed by atoms with Gasteiger partial charge in [-0.1, -0.05) is 0 Å². The second kappa shape index (κ2) is 8.44. The summed E-state index contributed by atoms with van der Waals surface area (Å²) in [6, 6.07) is -0.663. The molecule has 0 aromatic rings. The van der Waals surface area contributed by atoms with Gasteiger partial charge in [0.25, 0.3) is 0 Å². The molecule has 0 aromatic carbocycles. The van der Waals surface area contributed by atoms with Gasteiger partial charge in [-0.05, 0) is 20.3 Å². The highest BCUT2D eigenvalue weighted by molar-refractivity contribution is 7.90. The van der Waals surface area contributed by atoms with Crippen LogP contribution in [0.5, 0.6) is 0 Å². The molecule has 1 amide bonds. The zero-order chi connectivity index (χ0) is 14.2. The largest absolute Gasteiger partial charge is 0.385 e. The number of methoxy groups -OCH3 is 1. The first-order chi connectivity index (χ1) is 8.26. The number of carbonyl (C=O) groups excluding carboxylic acids is 1. The Balaban J connectivity index is 3.93. The van der Waals surface area contributed by atoms with Gasteiger partial charge in [-0.3, -0.25) is 4.79 Å². The zero-order valence-electron chi connectivity index (χ0n) is 11.5. The molecule has 0 saturated heterocycles. The van der Waals surface area contributed by atoms with Gasteiger partial charge in [0.1, 0.15) is 9.84 Å². The summed E-state index contributed by atoms with van der Waals surface area (Å²) in [6.45, 7) is 4.62. The van der Waals surface area contributed by atoms with Crippen LogP contribution in [0.4, 0.5) is 0 Å². The van der Waals surface area contributed by atoms with Gasteiger partial charge in [-0.25, -0.2) is 8.42 Å². The van der Waals surface area contributed by atoms with E-state index in [-0.39, 0.29) is 17.7 Å². The molecule has 6 nitrogen and oxygen atoms in total. The maximum atomic E-state index is 11.6. The third-order valence-electron chi connectivity index (χ3n) is 2.31. The van der Waals surface area contributed by atoms with Crippen molar-refractivity contribution in [3.8, 4) is 0 Å². The van der Waals surface area contributed by atoms with Crippen LogP contribution in [0, 0.1) is 0 Å². The van der Waals surface area contributed by atoms with Crippen LogP contribution < -0.4 is 10.6 Å². The molecule has 2 atom stereocenters. The Morgan fingerprint density at radius 2 is 1.94 bits per heavy atom. The van der Waals surface area contributed by atoms with Crippen LogP contribution in [0.2, 0.25) is 0 Å². The van der Waals surface area contributed by atoms with Crippen LogP contribution in [0.25, 0.3) is 0 Å². The number of carbonyl (C=O) groups is 1. The molecule has 0 bridgehead atoms. The van der Waals surface area contributed by atoms with Gasteiger partial charge in [0.2, 0.25) is 5.91 Å². The number of hydrogen-bond donors (Lipinski definition) is 2. The van der Waals surface area contributed by atoms with Crippen LogP contribution in [0.3, 0.4) is 0 Å². The molecule has 0 rings (SSSR count). The first-order valence-corrected chi connectivity index (χ1v) is 8.02. The van der Waals surface area contributed by atoms with E-state index in [2.05, 4.69) is 10.6 Å². The first kappa shape index (κ1) is 17.3. The van der Waals surface area contributed by atoms with Gasteiger partial charge in [0.05, 0.1) is 11.8 Å². The summed E-state index contributed by atoms with van der Waals surface area (Å²) in [5.41, 5.74) is 0. The lowest BCUT2D eigenvalue weighted by Gasteiger charge is -2.18. The summed E-state index contributed by atoms with van der Waals surface area (Å²) in [6.07, 6.45) is 1.94. The first-order valence-electron chi connectivity index (χ1n) is 5.96. The molecule has 108 valence electrons. The summed E-state index contributed by atoms with van der Waals surface area (Å²) in [7, 11) is -1.42. The number of rotatable bonds is 9. The van der Waals surface area contributed by atoms with Crippen molar-refractivity contribution < 1.29 is 17.9 Å². The van der Waals surface area contributed by atoms with Gasteiger partial charge in [-0.15, -0.1) is 0 Å². The number of sulfone groups is 1. The highest BCUT2D eigenvalue weighted by Gasteiger charge is 2.17. The van der Waals surface area contributed by atoms with E-state index >= 15 is 0 Å². The fourth-order valence-corrected chi connectivity index (χ4v) is 2.59. The minimum Gasteiger partial charge on any atom is -0.385 e. The average molecular weight is 280 g/mol. The van der Waals surface area contributed by atoms with Crippen LogP contribution in [0.15, 0.2) is 0 Å². The maximum absolute atomic E-state index is 11.6. The van der Waals surface area contributed by atoms with Crippen molar-refractivity contribution in [3.63, 3.8) is 0 Å². The molecule has 0 radical (unpaired) electrons. The molecule has 7 heteroatoms. The number of hydrogen-bond acceptors (Lipinski definition) is 5. The molecule has 0 fully saturated rings. The summed E-state index contributed by atoms with van der Waals surface area (Å²) in [5.74, 6) is -0.111. The third kappa shape index (κ3) is 9.38. The summed E-state index contributed by atoms with van der Waals surface area (Å²) in [4.78, 5) is 11.6. The molecule has 0 saturated carbocycles. The van der Waals surface area contributed by atoms with Crippen molar-refractivity contribution in [2.75, 3.05) is 32.3 Å². The Kier molecular flexibility index (Phi) is 8.13. The minimum atomic E-state index is -3.03. The fourth-order valence-electron chi connectivity index (χ4n) is 1.59. The van der Waals surface area contributed by atoms with Crippen LogP contribution >= 0.6 is 0 Å². The van der Waals surface area contributed by atoms with Crippen LogP contribution in [-0.2, 0) is 19.4 Å². The van der Waals surface area contributed by atoms with Crippen molar-refractivity contribution >= 4 is 15.7 Å². The number of nitrogens with one attached hydrogen (secondary N) is 2. The van der Waals surface area contributed by atoms with Crippen LogP contribution in [0.1, 0.15) is 20.3 Å². The van der Waals surface area contributed by atoms with Gasteiger partial charge >= 0.3 is 0 Å². The summed E-state index contributed by atoms with van der Waals surface area (Å²) >= 11 is 0. The molecule has 2 unspecified atom stereocenters. The zero-order valence-corrected chi connectivity index (χ0v) is 12.3. The molecule has 0 spiro atoms. The smallest absolute Gasteiger partial charge is 0.236 e. The van der Waals surface area contributed by atoms with Crippen LogP contribution in [-0.4, -0.2) is 58.7 Å². The van der Waals surface area contributed by atoms with Gasteiger partial charge in [0.15, 0.2) is 0 Å². The lowest BCUT2D eigenvalue weighted by Crippen LogP contribution is -2.47. The Hall–Kier alpha value is -0.660. The quantitative estimate of drug-likeness (QED) is 0.559. The Bertz CT molecular complexity index is 343. The predicted octanol–water partition coefficient (Wildman–Crippen LogP) is -0.450. The van der Waals surface area contributed by atoms with Crippen molar-refractivity contribution in [1.82, 2.24) is 10.6 Å². The normalized spacial score (nSPS) is 15.1. The highest BCUT2D eigenvalue weighted by atomic mass is 32.2. The van der Waals surface area contributed by atoms with E-state index < -0.39 is 15.9 Å². The van der Waals surface area contributed by atoms with Crippen molar-refractivity contribution in [3.05, 3.63) is 0 Å². The topological polar surface area (TPSA) is 84.5 Å². The second-order valence-electron chi connectivity index (χ2n) is 4.52. The van der Waals surface area contributed by atoms with E-state index in [1.807, 2.05) is 0 Å². The maximum Gasteiger partial charge on any atom is 0.236 e. The number of ether oxygens (including phenoxy) is 1. The van der Waals surface area contributed by atoms with E-state index in [0.717, 1.165) is 6.42 Å². The van der Waals surface area contributed by atoms with E-state index in [0.29, 0.717) is 13.2 Å². The SMILES string of the molecule is COCCCNC(=O)C(C)NC(C)CS(C)(=O)=O.